The Hall–Kier alpha value is -1.27. The highest BCUT2D eigenvalue weighted by Crippen LogP contribution is 2.19. The molecule has 0 fully saturated rings. The summed E-state index contributed by atoms with van der Waals surface area (Å²) in [5, 5.41) is 1.20. The molecule has 0 saturated heterocycles. The summed E-state index contributed by atoms with van der Waals surface area (Å²) in [5.41, 5.74) is 1.78. The van der Waals surface area contributed by atoms with Crippen molar-refractivity contribution in [3.8, 4) is 11.8 Å². The summed E-state index contributed by atoms with van der Waals surface area (Å²) in [6.45, 7) is 0.417. The zero-order valence-electron chi connectivity index (χ0n) is 10.4. The Kier molecular flexibility index (Phi) is 5.67. The first kappa shape index (κ1) is 15.1. The summed E-state index contributed by atoms with van der Waals surface area (Å²) in [6, 6.07) is 13.1. The van der Waals surface area contributed by atoms with Crippen LogP contribution in [0.5, 0.6) is 0 Å². The molecule has 2 aromatic rings. The van der Waals surface area contributed by atoms with Crippen LogP contribution < -0.4 is 0 Å². The number of rotatable bonds is 2. The number of hydrogen-bond acceptors (Lipinski definition) is 1. The first-order chi connectivity index (χ1) is 9.66. The molecule has 0 heterocycles. The Labute approximate surface area is 136 Å². The standard InChI is InChI=1S/C16H10BrCl2N/c17-15-6-2-1-4-12(15)5-3-9-20-11-13-7-8-14(18)10-16(13)19/h1-2,4,6-8,10-11H,9H2. The topological polar surface area (TPSA) is 12.4 Å². The van der Waals surface area contributed by atoms with Gasteiger partial charge < -0.3 is 0 Å². The molecule has 0 atom stereocenters. The van der Waals surface area contributed by atoms with Crippen LogP contribution in [-0.4, -0.2) is 12.8 Å². The van der Waals surface area contributed by atoms with Crippen LogP contribution in [0.1, 0.15) is 11.1 Å². The van der Waals surface area contributed by atoms with E-state index in [-0.39, 0.29) is 0 Å². The smallest absolute Gasteiger partial charge is 0.100 e. The maximum atomic E-state index is 6.04. The van der Waals surface area contributed by atoms with Gasteiger partial charge in [0.15, 0.2) is 0 Å². The number of hydrogen-bond donors (Lipinski definition) is 0. The quantitative estimate of drug-likeness (QED) is 0.510. The van der Waals surface area contributed by atoms with Gasteiger partial charge in [-0.2, -0.15) is 0 Å². The SMILES string of the molecule is Clc1ccc(C=NCC#Cc2ccccc2Br)c(Cl)c1. The largest absolute Gasteiger partial charge is 0.280 e. The van der Waals surface area contributed by atoms with E-state index in [0.717, 1.165) is 15.6 Å². The van der Waals surface area contributed by atoms with Crippen molar-refractivity contribution in [1.29, 1.82) is 0 Å². The second-order valence-corrected chi connectivity index (χ2v) is 5.62. The van der Waals surface area contributed by atoms with Crippen molar-refractivity contribution in [3.05, 3.63) is 68.1 Å². The predicted molar refractivity (Wildman–Crippen MR) is 89.9 cm³/mol. The average molecular weight is 367 g/mol. The van der Waals surface area contributed by atoms with Gasteiger partial charge in [0.2, 0.25) is 0 Å². The zero-order valence-corrected chi connectivity index (χ0v) is 13.5. The molecule has 100 valence electrons. The Balaban J connectivity index is 2.00. The van der Waals surface area contributed by atoms with Crippen molar-refractivity contribution in [2.24, 2.45) is 4.99 Å². The Morgan fingerprint density at radius 2 is 1.95 bits per heavy atom. The monoisotopic (exact) mass is 365 g/mol. The van der Waals surface area contributed by atoms with Crippen molar-refractivity contribution in [3.63, 3.8) is 0 Å². The van der Waals surface area contributed by atoms with Gasteiger partial charge in [-0.05, 0) is 40.2 Å². The molecule has 0 saturated carbocycles. The minimum Gasteiger partial charge on any atom is -0.280 e. The molecule has 0 aliphatic rings. The van der Waals surface area contributed by atoms with Gasteiger partial charge in [0.1, 0.15) is 6.54 Å². The minimum atomic E-state index is 0.417. The molecule has 1 nitrogen and oxygen atoms in total. The fourth-order valence-electron chi connectivity index (χ4n) is 1.49. The molecule has 0 spiro atoms. The molecule has 0 amide bonds. The number of nitrogens with zero attached hydrogens (tertiary/aromatic N) is 1. The van der Waals surface area contributed by atoms with E-state index < -0.39 is 0 Å². The number of halogens is 3. The van der Waals surface area contributed by atoms with Crippen LogP contribution >= 0.6 is 39.1 Å². The normalized spacial score (nSPS) is 10.3. The van der Waals surface area contributed by atoms with Crippen LogP contribution in [0.2, 0.25) is 10.0 Å². The highest BCUT2D eigenvalue weighted by molar-refractivity contribution is 9.10. The van der Waals surface area contributed by atoms with Crippen LogP contribution in [0.3, 0.4) is 0 Å². The van der Waals surface area contributed by atoms with E-state index >= 15 is 0 Å². The minimum absolute atomic E-state index is 0.417. The van der Waals surface area contributed by atoms with Crippen molar-refractivity contribution in [1.82, 2.24) is 0 Å². The third kappa shape index (κ3) is 4.38. The molecule has 0 aliphatic heterocycles. The first-order valence-electron chi connectivity index (χ1n) is 5.85. The number of benzene rings is 2. The molecule has 2 rings (SSSR count). The molecule has 2 aromatic carbocycles. The second-order valence-electron chi connectivity index (χ2n) is 3.92. The molecule has 4 heteroatoms. The third-order valence-electron chi connectivity index (χ3n) is 2.46. The molecule has 0 radical (unpaired) electrons. The predicted octanol–water partition coefficient (Wildman–Crippen LogP) is 5.23. The van der Waals surface area contributed by atoms with Crippen molar-refractivity contribution < 1.29 is 0 Å². The van der Waals surface area contributed by atoms with Crippen LogP contribution in [0.4, 0.5) is 0 Å². The molecule has 20 heavy (non-hydrogen) atoms. The summed E-state index contributed by atoms with van der Waals surface area (Å²) in [7, 11) is 0. The zero-order chi connectivity index (χ0) is 14.4. The van der Waals surface area contributed by atoms with Crippen LogP contribution in [0.15, 0.2) is 51.9 Å². The molecule has 0 unspecified atom stereocenters. The molecule has 0 aliphatic carbocycles. The lowest BCUT2D eigenvalue weighted by atomic mass is 10.2. The molecular weight excluding hydrogens is 357 g/mol. The lowest BCUT2D eigenvalue weighted by molar-refractivity contribution is 1.30. The van der Waals surface area contributed by atoms with E-state index in [1.54, 1.807) is 18.3 Å². The van der Waals surface area contributed by atoms with Gasteiger partial charge in [-0.15, -0.1) is 0 Å². The first-order valence-corrected chi connectivity index (χ1v) is 7.40. The molecule has 0 bridgehead atoms. The fourth-order valence-corrected chi connectivity index (χ4v) is 2.33. The molecule has 0 N–H and O–H groups in total. The van der Waals surface area contributed by atoms with E-state index in [4.69, 9.17) is 23.2 Å². The fraction of sp³-hybridized carbons (Fsp3) is 0.0625. The van der Waals surface area contributed by atoms with Gasteiger partial charge in [-0.1, -0.05) is 53.2 Å². The highest BCUT2D eigenvalue weighted by Gasteiger charge is 1.97. The van der Waals surface area contributed by atoms with E-state index in [0.29, 0.717) is 16.6 Å². The van der Waals surface area contributed by atoms with E-state index in [9.17, 15) is 0 Å². The van der Waals surface area contributed by atoms with Crippen molar-refractivity contribution in [2.45, 2.75) is 0 Å². The van der Waals surface area contributed by atoms with Gasteiger partial charge in [-0.25, -0.2) is 0 Å². The lowest BCUT2D eigenvalue weighted by Crippen LogP contribution is -1.85. The van der Waals surface area contributed by atoms with Gasteiger partial charge in [-0.3, -0.25) is 4.99 Å². The Morgan fingerprint density at radius 1 is 1.15 bits per heavy atom. The summed E-state index contributed by atoms with van der Waals surface area (Å²) < 4.78 is 0.984. The van der Waals surface area contributed by atoms with Gasteiger partial charge in [0.25, 0.3) is 0 Å². The van der Waals surface area contributed by atoms with Crippen LogP contribution in [0, 0.1) is 11.8 Å². The summed E-state index contributed by atoms with van der Waals surface area (Å²) in [5.74, 6) is 6.05. The van der Waals surface area contributed by atoms with Crippen LogP contribution in [-0.2, 0) is 0 Å². The maximum Gasteiger partial charge on any atom is 0.100 e. The molecular formula is C16H10BrCl2N. The van der Waals surface area contributed by atoms with Crippen molar-refractivity contribution >= 4 is 45.3 Å². The van der Waals surface area contributed by atoms with E-state index in [2.05, 4.69) is 32.8 Å². The van der Waals surface area contributed by atoms with E-state index in [1.165, 1.54) is 0 Å². The highest BCUT2D eigenvalue weighted by atomic mass is 79.9. The Bertz CT molecular complexity index is 699. The van der Waals surface area contributed by atoms with Crippen LogP contribution in [0.25, 0.3) is 0 Å². The lowest BCUT2D eigenvalue weighted by Gasteiger charge is -1.97. The van der Waals surface area contributed by atoms with Gasteiger partial charge in [0.05, 0.1) is 5.02 Å². The summed E-state index contributed by atoms with van der Waals surface area (Å²) in [6.07, 6.45) is 1.70. The van der Waals surface area contributed by atoms with Crippen molar-refractivity contribution in [2.75, 3.05) is 6.54 Å². The molecule has 0 aromatic heterocycles. The average Bonchev–Trinajstić information content (AvgIpc) is 2.42. The van der Waals surface area contributed by atoms with Gasteiger partial charge in [0, 0.05) is 26.8 Å². The summed E-state index contributed by atoms with van der Waals surface area (Å²) >= 11 is 15.3. The van der Waals surface area contributed by atoms with Gasteiger partial charge >= 0.3 is 0 Å². The third-order valence-corrected chi connectivity index (χ3v) is 3.71. The summed E-state index contributed by atoms with van der Waals surface area (Å²) in [4.78, 5) is 4.24. The second kappa shape index (κ2) is 7.50. The maximum absolute atomic E-state index is 6.04. The number of aliphatic imine (C=N–C) groups is 1. The van der Waals surface area contributed by atoms with E-state index in [1.807, 2.05) is 30.3 Å². The Morgan fingerprint density at radius 3 is 2.70 bits per heavy atom.